The zero-order chi connectivity index (χ0) is 19.2. The molecule has 0 saturated carbocycles. The van der Waals surface area contributed by atoms with E-state index in [9.17, 15) is 9.59 Å². The van der Waals surface area contributed by atoms with E-state index in [4.69, 9.17) is 9.47 Å². The average Bonchev–Trinajstić information content (AvgIpc) is 2.70. The van der Waals surface area contributed by atoms with Gasteiger partial charge in [0.15, 0.2) is 5.78 Å². The lowest BCUT2D eigenvalue weighted by molar-refractivity contribution is -0.137. The van der Waals surface area contributed by atoms with Gasteiger partial charge in [-0.2, -0.15) is 0 Å². The van der Waals surface area contributed by atoms with E-state index in [1.807, 2.05) is 66.7 Å². The number of carbonyl (C=O) groups is 2. The van der Waals surface area contributed by atoms with Gasteiger partial charge in [-0.25, -0.2) is 4.79 Å². The second kappa shape index (κ2) is 8.32. The van der Waals surface area contributed by atoms with Crippen molar-refractivity contribution < 1.29 is 19.1 Å². The Morgan fingerprint density at radius 2 is 1.63 bits per heavy atom. The van der Waals surface area contributed by atoms with Crippen molar-refractivity contribution in [1.82, 2.24) is 0 Å². The van der Waals surface area contributed by atoms with Crippen molar-refractivity contribution in [3.8, 4) is 5.75 Å². The van der Waals surface area contributed by atoms with Crippen molar-refractivity contribution >= 4 is 28.6 Å². The molecule has 0 heterocycles. The number of fused-ring (bicyclic) bond motifs is 1. The van der Waals surface area contributed by atoms with Crippen molar-refractivity contribution in [3.05, 3.63) is 83.4 Å². The standard InChI is InChI=1S/C23H20O4/c1-16(24)20(23(25)26-2)14-21-19-11-7-6-10-18(19)12-13-22(21)27-15-17-8-4-3-5-9-17/h3-14H,15H2,1-2H3/b20-14-. The molecule has 0 bridgehead atoms. The smallest absolute Gasteiger partial charge is 0.341 e. The van der Waals surface area contributed by atoms with E-state index in [0.717, 1.165) is 16.3 Å². The molecule has 3 aromatic rings. The van der Waals surface area contributed by atoms with E-state index in [1.54, 1.807) is 6.08 Å². The van der Waals surface area contributed by atoms with E-state index in [2.05, 4.69) is 0 Å². The van der Waals surface area contributed by atoms with Gasteiger partial charge in [-0.15, -0.1) is 0 Å². The highest BCUT2D eigenvalue weighted by atomic mass is 16.5. The van der Waals surface area contributed by atoms with Crippen molar-refractivity contribution in [2.45, 2.75) is 13.5 Å². The molecule has 27 heavy (non-hydrogen) atoms. The first-order chi connectivity index (χ1) is 13.1. The van der Waals surface area contributed by atoms with E-state index >= 15 is 0 Å². The quantitative estimate of drug-likeness (QED) is 0.280. The fourth-order valence-corrected chi connectivity index (χ4v) is 2.84. The number of esters is 1. The number of carbonyl (C=O) groups excluding carboxylic acids is 2. The van der Waals surface area contributed by atoms with Gasteiger partial charge < -0.3 is 9.47 Å². The van der Waals surface area contributed by atoms with Crippen LogP contribution in [0, 0.1) is 0 Å². The minimum absolute atomic E-state index is 0.0154. The number of hydrogen-bond donors (Lipinski definition) is 0. The molecule has 0 aliphatic carbocycles. The predicted molar refractivity (Wildman–Crippen MR) is 105 cm³/mol. The SMILES string of the molecule is COC(=O)/C(=C\c1c(OCc2ccccc2)ccc2ccccc12)C(C)=O. The largest absolute Gasteiger partial charge is 0.488 e. The lowest BCUT2D eigenvalue weighted by Crippen LogP contribution is -2.11. The van der Waals surface area contributed by atoms with Gasteiger partial charge in [-0.3, -0.25) is 4.79 Å². The maximum Gasteiger partial charge on any atom is 0.341 e. The van der Waals surface area contributed by atoms with Crippen LogP contribution >= 0.6 is 0 Å². The number of methoxy groups -OCH3 is 1. The van der Waals surface area contributed by atoms with Crippen LogP contribution in [-0.2, 0) is 20.9 Å². The second-order valence-corrected chi connectivity index (χ2v) is 6.08. The van der Waals surface area contributed by atoms with Crippen LogP contribution in [-0.4, -0.2) is 18.9 Å². The monoisotopic (exact) mass is 360 g/mol. The molecule has 0 saturated heterocycles. The third kappa shape index (κ3) is 4.23. The van der Waals surface area contributed by atoms with Gasteiger partial charge in [0.25, 0.3) is 0 Å². The van der Waals surface area contributed by atoms with Crippen LogP contribution in [0.5, 0.6) is 5.75 Å². The van der Waals surface area contributed by atoms with Crippen molar-refractivity contribution in [2.24, 2.45) is 0 Å². The Kier molecular flexibility index (Phi) is 5.67. The van der Waals surface area contributed by atoms with Gasteiger partial charge in [-0.05, 0) is 35.4 Å². The fraction of sp³-hybridized carbons (Fsp3) is 0.130. The van der Waals surface area contributed by atoms with Crippen LogP contribution in [0.25, 0.3) is 16.8 Å². The zero-order valence-electron chi connectivity index (χ0n) is 15.3. The molecule has 0 fully saturated rings. The molecule has 4 nitrogen and oxygen atoms in total. The Balaban J connectivity index is 2.09. The number of rotatable bonds is 6. The Morgan fingerprint density at radius 3 is 2.33 bits per heavy atom. The maximum absolute atomic E-state index is 12.0. The molecule has 0 aromatic heterocycles. The normalized spacial score (nSPS) is 11.3. The summed E-state index contributed by atoms with van der Waals surface area (Å²) < 4.78 is 10.8. The molecule has 0 atom stereocenters. The molecule has 3 aromatic carbocycles. The van der Waals surface area contributed by atoms with Crippen LogP contribution in [0.2, 0.25) is 0 Å². The molecule has 0 aliphatic heterocycles. The lowest BCUT2D eigenvalue weighted by atomic mass is 10.00. The van der Waals surface area contributed by atoms with Crippen LogP contribution in [0.1, 0.15) is 18.1 Å². The summed E-state index contributed by atoms with van der Waals surface area (Å²) >= 11 is 0. The number of ether oxygens (including phenoxy) is 2. The molecule has 0 radical (unpaired) electrons. The molecule has 0 amide bonds. The van der Waals surface area contributed by atoms with E-state index in [0.29, 0.717) is 17.9 Å². The summed E-state index contributed by atoms with van der Waals surface area (Å²) in [6, 6.07) is 21.4. The lowest BCUT2D eigenvalue weighted by Gasteiger charge is -2.13. The summed E-state index contributed by atoms with van der Waals surface area (Å²) in [5.74, 6) is -0.423. The minimum atomic E-state index is -0.663. The minimum Gasteiger partial charge on any atom is -0.488 e. The molecule has 136 valence electrons. The third-order valence-corrected chi connectivity index (χ3v) is 4.24. The van der Waals surface area contributed by atoms with Crippen LogP contribution in [0.15, 0.2) is 72.3 Å². The van der Waals surface area contributed by atoms with Gasteiger partial charge >= 0.3 is 5.97 Å². The Morgan fingerprint density at radius 1 is 0.926 bits per heavy atom. The summed E-state index contributed by atoms with van der Waals surface area (Å²) in [5.41, 5.74) is 1.69. The summed E-state index contributed by atoms with van der Waals surface area (Å²) in [7, 11) is 1.26. The maximum atomic E-state index is 12.0. The summed E-state index contributed by atoms with van der Waals surface area (Å²) in [5, 5.41) is 1.88. The molecular weight excluding hydrogens is 340 g/mol. The second-order valence-electron chi connectivity index (χ2n) is 6.08. The van der Waals surface area contributed by atoms with Crippen molar-refractivity contribution in [1.29, 1.82) is 0 Å². The predicted octanol–water partition coefficient (Wildman–Crippen LogP) is 4.56. The first kappa shape index (κ1) is 18.4. The van der Waals surface area contributed by atoms with E-state index < -0.39 is 5.97 Å². The molecule has 3 rings (SSSR count). The first-order valence-electron chi connectivity index (χ1n) is 8.59. The van der Waals surface area contributed by atoms with Gasteiger partial charge in [0.1, 0.15) is 17.9 Å². The molecule has 0 spiro atoms. The highest BCUT2D eigenvalue weighted by Crippen LogP contribution is 2.31. The van der Waals surface area contributed by atoms with Gasteiger partial charge in [-0.1, -0.05) is 60.7 Å². The number of benzene rings is 3. The highest BCUT2D eigenvalue weighted by Gasteiger charge is 2.17. The third-order valence-electron chi connectivity index (χ3n) is 4.24. The Labute approximate surface area is 158 Å². The summed E-state index contributed by atoms with van der Waals surface area (Å²) in [6.45, 7) is 1.73. The van der Waals surface area contributed by atoms with Crippen molar-refractivity contribution in [3.63, 3.8) is 0 Å². The van der Waals surface area contributed by atoms with Crippen LogP contribution < -0.4 is 4.74 Å². The van der Waals surface area contributed by atoms with Gasteiger partial charge in [0, 0.05) is 5.56 Å². The molecule has 4 heteroatoms. The molecule has 0 aliphatic rings. The van der Waals surface area contributed by atoms with E-state index in [1.165, 1.54) is 14.0 Å². The number of hydrogen-bond acceptors (Lipinski definition) is 4. The number of Topliss-reactive ketones (excluding diaryl/α,β-unsaturated/α-hetero) is 1. The Hall–Kier alpha value is -3.40. The average molecular weight is 360 g/mol. The highest BCUT2D eigenvalue weighted by molar-refractivity contribution is 6.20. The van der Waals surface area contributed by atoms with Gasteiger partial charge in [0.2, 0.25) is 0 Å². The van der Waals surface area contributed by atoms with Crippen molar-refractivity contribution in [2.75, 3.05) is 7.11 Å². The summed E-state index contributed by atoms with van der Waals surface area (Å²) in [6.07, 6.45) is 1.55. The van der Waals surface area contributed by atoms with Crippen LogP contribution in [0.4, 0.5) is 0 Å². The zero-order valence-corrected chi connectivity index (χ0v) is 15.3. The first-order valence-corrected chi connectivity index (χ1v) is 8.59. The number of ketones is 1. The summed E-state index contributed by atoms with van der Waals surface area (Å²) in [4.78, 5) is 24.0. The fourth-order valence-electron chi connectivity index (χ4n) is 2.84. The molecule has 0 unspecified atom stereocenters. The Bertz CT molecular complexity index is 1000. The topological polar surface area (TPSA) is 52.6 Å². The van der Waals surface area contributed by atoms with Crippen LogP contribution in [0.3, 0.4) is 0 Å². The van der Waals surface area contributed by atoms with Gasteiger partial charge in [0.05, 0.1) is 7.11 Å². The molecular formula is C23H20O4. The molecule has 0 N–H and O–H groups in total. The van der Waals surface area contributed by atoms with E-state index in [-0.39, 0.29) is 11.4 Å².